The Labute approximate surface area is 94.0 Å². The molecule has 0 aliphatic carbocycles. The van der Waals surface area contributed by atoms with E-state index in [-0.39, 0.29) is 0 Å². The highest BCUT2D eigenvalue weighted by Crippen LogP contribution is 2.11. The van der Waals surface area contributed by atoms with Gasteiger partial charge in [-0.05, 0) is 40.3 Å². The summed E-state index contributed by atoms with van der Waals surface area (Å²) in [6, 6.07) is 0. The highest BCUT2D eigenvalue weighted by Gasteiger charge is 1.95. The van der Waals surface area contributed by atoms with Crippen LogP contribution in [0.1, 0.15) is 27.2 Å². The molecular formula is C14H21N. The van der Waals surface area contributed by atoms with Gasteiger partial charge in [0.25, 0.3) is 0 Å². The molecule has 1 nitrogen and oxygen atoms in total. The molecule has 0 heterocycles. The Morgan fingerprint density at radius 2 is 2.07 bits per heavy atom. The summed E-state index contributed by atoms with van der Waals surface area (Å²) in [5.74, 6) is 6.03. The van der Waals surface area contributed by atoms with E-state index in [1.165, 1.54) is 11.1 Å². The monoisotopic (exact) mass is 203 g/mol. The highest BCUT2D eigenvalue weighted by molar-refractivity contribution is 5.37. The Kier molecular flexibility index (Phi) is 7.40. The van der Waals surface area contributed by atoms with E-state index < -0.39 is 0 Å². The van der Waals surface area contributed by atoms with Crippen LogP contribution in [0.15, 0.2) is 35.5 Å². The molecule has 0 saturated heterocycles. The first-order valence-corrected chi connectivity index (χ1v) is 5.20. The van der Waals surface area contributed by atoms with Crippen molar-refractivity contribution in [3.8, 4) is 11.8 Å². The van der Waals surface area contributed by atoms with E-state index in [0.29, 0.717) is 0 Å². The van der Waals surface area contributed by atoms with Crippen LogP contribution in [0.2, 0.25) is 0 Å². The number of likely N-dealkylation sites (N-methyl/N-ethyl adjacent to an activating group) is 1. The van der Waals surface area contributed by atoms with Gasteiger partial charge in [-0.25, -0.2) is 0 Å². The molecule has 15 heavy (non-hydrogen) atoms. The molecule has 0 saturated carbocycles. The summed E-state index contributed by atoms with van der Waals surface area (Å²) in [6.07, 6.45) is 5.01. The van der Waals surface area contributed by atoms with Crippen LogP contribution in [0.5, 0.6) is 0 Å². The highest BCUT2D eigenvalue weighted by atomic mass is 14.8. The molecule has 0 bridgehead atoms. The van der Waals surface area contributed by atoms with Gasteiger partial charge in [0.15, 0.2) is 0 Å². The first kappa shape index (κ1) is 13.7. The van der Waals surface area contributed by atoms with Crippen molar-refractivity contribution >= 4 is 0 Å². The maximum Gasteiger partial charge on any atom is 0.0282 e. The molecule has 0 unspecified atom stereocenters. The third kappa shape index (κ3) is 5.93. The molecule has 0 amide bonds. The van der Waals surface area contributed by atoms with Crippen LogP contribution >= 0.6 is 0 Å². The second-order valence-corrected chi connectivity index (χ2v) is 3.53. The van der Waals surface area contributed by atoms with Crippen LogP contribution in [-0.2, 0) is 0 Å². The smallest absolute Gasteiger partial charge is 0.0282 e. The molecule has 0 fully saturated rings. The lowest BCUT2D eigenvalue weighted by molar-refractivity contribution is 0.898. The molecule has 0 aliphatic heterocycles. The zero-order valence-corrected chi connectivity index (χ0v) is 10.3. The fourth-order valence-corrected chi connectivity index (χ4v) is 1.24. The maximum atomic E-state index is 3.74. The predicted molar refractivity (Wildman–Crippen MR) is 68.6 cm³/mol. The minimum Gasteiger partial charge on any atom is -0.315 e. The van der Waals surface area contributed by atoms with Gasteiger partial charge in [0.2, 0.25) is 0 Å². The number of rotatable bonds is 5. The van der Waals surface area contributed by atoms with E-state index in [0.717, 1.165) is 18.5 Å². The Balaban J connectivity index is 4.84. The fraction of sp³-hybridized carbons (Fsp3) is 0.429. The second-order valence-electron chi connectivity index (χ2n) is 3.53. The SMILES string of the molecule is C=CC/C(C)=C(C)/C=C(\C#CC)CNC. The quantitative estimate of drug-likeness (QED) is 0.411. The molecule has 1 N–H and O–H groups in total. The Bertz CT molecular complexity index is 321. The van der Waals surface area contributed by atoms with E-state index >= 15 is 0 Å². The van der Waals surface area contributed by atoms with Crippen LogP contribution < -0.4 is 5.32 Å². The predicted octanol–water partition coefficient (Wildman–Crippen LogP) is 3.07. The van der Waals surface area contributed by atoms with Crippen LogP contribution in [0.4, 0.5) is 0 Å². The lowest BCUT2D eigenvalue weighted by atomic mass is 10.1. The van der Waals surface area contributed by atoms with E-state index in [2.05, 4.69) is 43.7 Å². The fourth-order valence-electron chi connectivity index (χ4n) is 1.24. The van der Waals surface area contributed by atoms with Crippen molar-refractivity contribution in [2.75, 3.05) is 13.6 Å². The van der Waals surface area contributed by atoms with Crippen LogP contribution in [0.3, 0.4) is 0 Å². The summed E-state index contributed by atoms with van der Waals surface area (Å²) in [7, 11) is 1.93. The van der Waals surface area contributed by atoms with Crippen molar-refractivity contribution in [2.45, 2.75) is 27.2 Å². The molecule has 0 atom stereocenters. The van der Waals surface area contributed by atoms with Crippen molar-refractivity contribution in [3.63, 3.8) is 0 Å². The summed E-state index contributed by atoms with van der Waals surface area (Å²) in [5.41, 5.74) is 3.75. The van der Waals surface area contributed by atoms with Crippen LogP contribution in [-0.4, -0.2) is 13.6 Å². The first-order chi connectivity index (χ1) is 7.15. The molecule has 0 aromatic rings. The molecule has 0 aromatic heterocycles. The first-order valence-electron chi connectivity index (χ1n) is 5.20. The van der Waals surface area contributed by atoms with Gasteiger partial charge in [-0.3, -0.25) is 0 Å². The second kappa shape index (κ2) is 8.08. The molecule has 0 radical (unpaired) electrons. The topological polar surface area (TPSA) is 12.0 Å². The van der Waals surface area contributed by atoms with Gasteiger partial charge in [-0.2, -0.15) is 0 Å². The van der Waals surface area contributed by atoms with Gasteiger partial charge in [0.05, 0.1) is 0 Å². The van der Waals surface area contributed by atoms with Crippen LogP contribution in [0, 0.1) is 11.8 Å². The summed E-state index contributed by atoms with van der Waals surface area (Å²) < 4.78 is 0. The van der Waals surface area contributed by atoms with Gasteiger partial charge in [-0.15, -0.1) is 12.5 Å². The largest absolute Gasteiger partial charge is 0.315 e. The van der Waals surface area contributed by atoms with E-state index in [9.17, 15) is 0 Å². The number of hydrogen-bond acceptors (Lipinski definition) is 1. The summed E-state index contributed by atoms with van der Waals surface area (Å²) >= 11 is 0. The molecule has 0 aromatic carbocycles. The normalized spacial score (nSPS) is 12.7. The minimum atomic E-state index is 0.819. The van der Waals surface area contributed by atoms with E-state index in [4.69, 9.17) is 0 Å². The molecular weight excluding hydrogens is 182 g/mol. The average Bonchev–Trinajstić information content (AvgIpc) is 2.18. The Hall–Kier alpha value is -1.26. The van der Waals surface area contributed by atoms with E-state index in [1.54, 1.807) is 0 Å². The van der Waals surface area contributed by atoms with Crippen LogP contribution in [0.25, 0.3) is 0 Å². The van der Waals surface area contributed by atoms with Crippen molar-refractivity contribution < 1.29 is 0 Å². The van der Waals surface area contributed by atoms with Gasteiger partial charge < -0.3 is 5.32 Å². The third-order valence-electron chi connectivity index (χ3n) is 2.17. The molecule has 0 spiro atoms. The zero-order valence-electron chi connectivity index (χ0n) is 10.3. The Morgan fingerprint density at radius 1 is 1.40 bits per heavy atom. The van der Waals surface area contributed by atoms with Crippen molar-refractivity contribution in [1.29, 1.82) is 0 Å². The summed E-state index contributed by atoms with van der Waals surface area (Å²) in [5, 5.41) is 3.12. The van der Waals surface area contributed by atoms with E-state index in [1.807, 2.05) is 20.0 Å². The van der Waals surface area contributed by atoms with Gasteiger partial charge in [0, 0.05) is 12.1 Å². The molecule has 1 heteroatoms. The molecule has 0 aliphatic rings. The minimum absolute atomic E-state index is 0.819. The number of nitrogens with one attached hydrogen (secondary N) is 1. The summed E-state index contributed by atoms with van der Waals surface area (Å²) in [6.45, 7) is 10.7. The van der Waals surface area contributed by atoms with Gasteiger partial charge in [-0.1, -0.05) is 23.1 Å². The zero-order chi connectivity index (χ0) is 11.7. The third-order valence-corrected chi connectivity index (χ3v) is 2.17. The summed E-state index contributed by atoms with van der Waals surface area (Å²) in [4.78, 5) is 0. The number of allylic oxidation sites excluding steroid dienone is 4. The number of hydrogen-bond donors (Lipinski definition) is 1. The average molecular weight is 203 g/mol. The molecule has 82 valence electrons. The van der Waals surface area contributed by atoms with Crippen molar-refractivity contribution in [2.24, 2.45) is 0 Å². The van der Waals surface area contributed by atoms with Gasteiger partial charge >= 0.3 is 0 Å². The standard InChI is InChI=1S/C14H21N/c1-6-8-12(3)13(4)10-14(9-7-2)11-15-5/h6,10,15H,1,8,11H2,2-5H3/b13-12+,14-10+. The van der Waals surface area contributed by atoms with Gasteiger partial charge in [0.1, 0.15) is 0 Å². The van der Waals surface area contributed by atoms with Crippen molar-refractivity contribution in [3.05, 3.63) is 35.5 Å². The maximum absolute atomic E-state index is 3.74. The lowest BCUT2D eigenvalue weighted by Crippen LogP contribution is -2.09. The Morgan fingerprint density at radius 3 is 2.53 bits per heavy atom. The lowest BCUT2D eigenvalue weighted by Gasteiger charge is -2.03. The van der Waals surface area contributed by atoms with Crippen molar-refractivity contribution in [1.82, 2.24) is 5.32 Å². The molecule has 0 rings (SSSR count).